The van der Waals surface area contributed by atoms with Gasteiger partial charge in [-0.05, 0) is 66.2 Å². The van der Waals surface area contributed by atoms with Gasteiger partial charge in [-0.2, -0.15) is 0 Å². The van der Waals surface area contributed by atoms with E-state index < -0.39 is 5.54 Å². The number of carbonyl (C=O) groups is 1. The van der Waals surface area contributed by atoms with E-state index in [1.165, 1.54) is 19.4 Å². The number of piperidine rings is 1. The number of ether oxygens (including phenoxy) is 1. The van der Waals surface area contributed by atoms with E-state index in [1.54, 1.807) is 6.92 Å². The lowest BCUT2D eigenvalue weighted by Gasteiger charge is -2.34. The zero-order valence-electron chi connectivity index (χ0n) is 13.5. The zero-order valence-corrected chi connectivity index (χ0v) is 13.5. The largest absolute Gasteiger partial charge is 0.465 e. The minimum atomic E-state index is -0.865. The van der Waals surface area contributed by atoms with Crippen molar-refractivity contribution in [2.75, 3.05) is 46.9 Å². The molecule has 0 saturated carbocycles. The van der Waals surface area contributed by atoms with Gasteiger partial charge in [0.15, 0.2) is 0 Å². The Bertz CT molecular complexity index is 297. The van der Waals surface area contributed by atoms with Crippen LogP contribution in [0.3, 0.4) is 0 Å². The Morgan fingerprint density at radius 3 is 2.50 bits per heavy atom. The van der Waals surface area contributed by atoms with E-state index in [0.29, 0.717) is 13.0 Å². The molecule has 5 heteroatoms. The lowest BCUT2D eigenvalue weighted by atomic mass is 9.94. The second-order valence-corrected chi connectivity index (χ2v) is 6.44. The van der Waals surface area contributed by atoms with Crippen molar-refractivity contribution in [1.82, 2.24) is 9.80 Å². The summed E-state index contributed by atoms with van der Waals surface area (Å²) >= 11 is 0. The third-order valence-corrected chi connectivity index (χ3v) is 4.02. The molecule has 0 bridgehead atoms. The molecule has 0 amide bonds. The summed E-state index contributed by atoms with van der Waals surface area (Å²) < 4.78 is 5.02. The number of rotatable bonds is 7. The van der Waals surface area contributed by atoms with Crippen LogP contribution in [-0.2, 0) is 9.53 Å². The lowest BCUT2D eigenvalue weighted by Crippen LogP contribution is -2.49. The summed E-state index contributed by atoms with van der Waals surface area (Å²) in [6.45, 7) is 8.23. The minimum Gasteiger partial charge on any atom is -0.465 e. The molecule has 1 aliphatic rings. The molecular weight excluding hydrogens is 254 g/mol. The predicted molar refractivity (Wildman–Crippen MR) is 81.6 cm³/mol. The van der Waals surface area contributed by atoms with Gasteiger partial charge in [0.2, 0.25) is 0 Å². The number of likely N-dealkylation sites (tertiary alicyclic amines) is 1. The van der Waals surface area contributed by atoms with Crippen LogP contribution in [0.15, 0.2) is 0 Å². The van der Waals surface area contributed by atoms with Crippen molar-refractivity contribution in [3.05, 3.63) is 0 Å². The van der Waals surface area contributed by atoms with Crippen molar-refractivity contribution in [1.29, 1.82) is 0 Å². The van der Waals surface area contributed by atoms with Gasteiger partial charge in [0.05, 0.1) is 6.61 Å². The van der Waals surface area contributed by atoms with E-state index in [0.717, 1.165) is 25.6 Å². The standard InChI is InChI=1S/C15H31N3O2/c1-5-20-14(19)15(2,16)8-11-18-9-6-13(7-10-18)12-17(3)4/h13H,5-12,16H2,1-4H3. The summed E-state index contributed by atoms with van der Waals surface area (Å²) in [6.07, 6.45) is 3.13. The van der Waals surface area contributed by atoms with E-state index in [-0.39, 0.29) is 5.97 Å². The average molecular weight is 285 g/mol. The molecular formula is C15H31N3O2. The van der Waals surface area contributed by atoms with Crippen LogP contribution >= 0.6 is 0 Å². The highest BCUT2D eigenvalue weighted by Crippen LogP contribution is 2.19. The van der Waals surface area contributed by atoms with E-state index in [4.69, 9.17) is 10.5 Å². The van der Waals surface area contributed by atoms with E-state index >= 15 is 0 Å². The summed E-state index contributed by atoms with van der Waals surface area (Å²) in [7, 11) is 4.26. The van der Waals surface area contributed by atoms with Gasteiger partial charge in [-0.3, -0.25) is 4.79 Å². The Morgan fingerprint density at radius 1 is 1.40 bits per heavy atom. The van der Waals surface area contributed by atoms with Gasteiger partial charge in [-0.25, -0.2) is 0 Å². The van der Waals surface area contributed by atoms with Crippen LogP contribution < -0.4 is 5.73 Å². The second kappa shape index (κ2) is 7.96. The van der Waals surface area contributed by atoms with Crippen LogP contribution in [0.5, 0.6) is 0 Å². The molecule has 20 heavy (non-hydrogen) atoms. The van der Waals surface area contributed by atoms with Crippen LogP contribution in [0.2, 0.25) is 0 Å². The maximum absolute atomic E-state index is 11.7. The number of hydrogen-bond donors (Lipinski definition) is 1. The molecule has 1 saturated heterocycles. The number of carbonyl (C=O) groups excluding carboxylic acids is 1. The Hall–Kier alpha value is -0.650. The molecule has 1 atom stereocenters. The SMILES string of the molecule is CCOC(=O)C(C)(N)CCN1CCC(CN(C)C)CC1. The van der Waals surface area contributed by atoms with Gasteiger partial charge < -0.3 is 20.3 Å². The fourth-order valence-corrected chi connectivity index (χ4v) is 2.70. The number of nitrogens with two attached hydrogens (primary N) is 1. The molecule has 118 valence electrons. The van der Waals surface area contributed by atoms with Gasteiger partial charge in [-0.1, -0.05) is 0 Å². The monoisotopic (exact) mass is 285 g/mol. The Kier molecular flexibility index (Phi) is 6.92. The van der Waals surface area contributed by atoms with Crippen LogP contribution in [0.4, 0.5) is 0 Å². The first-order chi connectivity index (χ1) is 9.35. The molecule has 1 unspecified atom stereocenters. The molecule has 1 rings (SSSR count). The summed E-state index contributed by atoms with van der Waals surface area (Å²) in [5.41, 5.74) is 5.18. The van der Waals surface area contributed by atoms with Gasteiger partial charge in [0.1, 0.15) is 5.54 Å². The van der Waals surface area contributed by atoms with Crippen molar-refractivity contribution in [2.45, 2.75) is 38.6 Å². The summed E-state index contributed by atoms with van der Waals surface area (Å²) in [5.74, 6) is 0.512. The van der Waals surface area contributed by atoms with E-state index in [2.05, 4.69) is 23.9 Å². The molecule has 0 aliphatic carbocycles. The minimum absolute atomic E-state index is 0.289. The molecule has 0 aromatic rings. The molecule has 5 nitrogen and oxygen atoms in total. The first kappa shape index (κ1) is 17.4. The highest BCUT2D eigenvalue weighted by molar-refractivity contribution is 5.79. The average Bonchev–Trinajstić information content (AvgIpc) is 2.37. The van der Waals surface area contributed by atoms with Crippen molar-refractivity contribution in [2.24, 2.45) is 11.7 Å². The molecule has 2 N–H and O–H groups in total. The topological polar surface area (TPSA) is 58.8 Å². The van der Waals surface area contributed by atoms with Crippen LogP contribution in [0.25, 0.3) is 0 Å². The highest BCUT2D eigenvalue weighted by atomic mass is 16.5. The lowest BCUT2D eigenvalue weighted by molar-refractivity contribution is -0.149. The molecule has 0 radical (unpaired) electrons. The molecule has 0 spiro atoms. The summed E-state index contributed by atoms with van der Waals surface area (Å²) in [6, 6.07) is 0. The molecule has 1 heterocycles. The fourth-order valence-electron chi connectivity index (χ4n) is 2.70. The quantitative estimate of drug-likeness (QED) is 0.705. The first-order valence-electron chi connectivity index (χ1n) is 7.68. The van der Waals surface area contributed by atoms with E-state index in [9.17, 15) is 4.79 Å². The molecule has 1 fully saturated rings. The fraction of sp³-hybridized carbons (Fsp3) is 0.933. The Morgan fingerprint density at radius 2 is 2.00 bits per heavy atom. The Labute approximate surface area is 123 Å². The van der Waals surface area contributed by atoms with Crippen molar-refractivity contribution in [3.63, 3.8) is 0 Å². The predicted octanol–water partition coefficient (Wildman–Crippen LogP) is 0.931. The number of esters is 1. The van der Waals surface area contributed by atoms with Crippen LogP contribution in [-0.4, -0.2) is 68.2 Å². The van der Waals surface area contributed by atoms with Crippen molar-refractivity contribution >= 4 is 5.97 Å². The van der Waals surface area contributed by atoms with Crippen LogP contribution in [0.1, 0.15) is 33.1 Å². The van der Waals surface area contributed by atoms with E-state index in [1.807, 2.05) is 6.92 Å². The number of hydrogen-bond acceptors (Lipinski definition) is 5. The Balaban J connectivity index is 2.28. The normalized spacial score (nSPS) is 20.9. The maximum atomic E-state index is 11.7. The van der Waals surface area contributed by atoms with Gasteiger partial charge in [-0.15, -0.1) is 0 Å². The third-order valence-electron chi connectivity index (χ3n) is 4.02. The van der Waals surface area contributed by atoms with Gasteiger partial charge in [0.25, 0.3) is 0 Å². The molecule has 0 aromatic carbocycles. The van der Waals surface area contributed by atoms with Gasteiger partial charge in [0, 0.05) is 13.1 Å². The second-order valence-electron chi connectivity index (χ2n) is 6.44. The maximum Gasteiger partial charge on any atom is 0.325 e. The molecule has 0 aromatic heterocycles. The van der Waals surface area contributed by atoms with Gasteiger partial charge >= 0.3 is 5.97 Å². The molecule has 1 aliphatic heterocycles. The highest BCUT2D eigenvalue weighted by Gasteiger charge is 2.31. The number of nitrogens with zero attached hydrogens (tertiary/aromatic N) is 2. The van der Waals surface area contributed by atoms with Crippen molar-refractivity contribution < 1.29 is 9.53 Å². The first-order valence-corrected chi connectivity index (χ1v) is 7.68. The zero-order chi connectivity index (χ0) is 15.2. The smallest absolute Gasteiger partial charge is 0.325 e. The summed E-state index contributed by atoms with van der Waals surface area (Å²) in [4.78, 5) is 16.4. The summed E-state index contributed by atoms with van der Waals surface area (Å²) in [5, 5.41) is 0. The third kappa shape index (κ3) is 5.77. The van der Waals surface area contributed by atoms with Crippen LogP contribution in [0, 0.1) is 5.92 Å². The van der Waals surface area contributed by atoms with Crippen molar-refractivity contribution in [3.8, 4) is 0 Å².